The van der Waals surface area contributed by atoms with Crippen LogP contribution < -0.4 is 14.6 Å². The third kappa shape index (κ3) is 5.48. The SMILES string of the molecule is CC(C)(C)[Si](C)(C)Oc1ccc(Nc2ccc3c(c2)CCN3CCN2CCOCC2)cc1. The Morgan fingerprint density at radius 2 is 1.62 bits per heavy atom. The highest BCUT2D eigenvalue weighted by Gasteiger charge is 2.38. The number of anilines is 3. The Labute approximate surface area is 194 Å². The first-order valence-electron chi connectivity index (χ1n) is 12.0. The molecule has 0 radical (unpaired) electrons. The fourth-order valence-electron chi connectivity index (χ4n) is 4.09. The molecule has 5 nitrogen and oxygen atoms in total. The minimum atomic E-state index is -1.81. The summed E-state index contributed by atoms with van der Waals surface area (Å²) in [5.41, 5.74) is 5.07. The highest BCUT2D eigenvalue weighted by molar-refractivity contribution is 6.74. The summed E-state index contributed by atoms with van der Waals surface area (Å²) < 4.78 is 11.9. The Morgan fingerprint density at radius 1 is 0.938 bits per heavy atom. The first-order chi connectivity index (χ1) is 15.2. The normalized spacial score (nSPS) is 17.3. The number of ether oxygens (including phenoxy) is 1. The van der Waals surface area contributed by atoms with E-state index in [1.54, 1.807) is 0 Å². The van der Waals surface area contributed by atoms with Crippen molar-refractivity contribution >= 4 is 25.4 Å². The van der Waals surface area contributed by atoms with Gasteiger partial charge < -0.3 is 19.4 Å². The van der Waals surface area contributed by atoms with Crippen molar-refractivity contribution in [1.29, 1.82) is 0 Å². The summed E-state index contributed by atoms with van der Waals surface area (Å²) in [4.78, 5) is 5.04. The average Bonchev–Trinajstić information content (AvgIpc) is 3.16. The lowest BCUT2D eigenvalue weighted by molar-refractivity contribution is 0.0392. The lowest BCUT2D eigenvalue weighted by Crippen LogP contribution is -2.43. The van der Waals surface area contributed by atoms with E-state index in [2.05, 4.69) is 91.4 Å². The molecular formula is C26H39N3O2Si. The third-order valence-corrected chi connectivity index (χ3v) is 11.5. The van der Waals surface area contributed by atoms with Crippen molar-refractivity contribution in [2.24, 2.45) is 0 Å². The molecular weight excluding hydrogens is 414 g/mol. The van der Waals surface area contributed by atoms with Crippen LogP contribution in [0.4, 0.5) is 17.1 Å². The number of fused-ring (bicyclic) bond motifs is 1. The maximum atomic E-state index is 6.41. The van der Waals surface area contributed by atoms with Gasteiger partial charge in [0.2, 0.25) is 8.32 Å². The highest BCUT2D eigenvalue weighted by Crippen LogP contribution is 2.38. The van der Waals surface area contributed by atoms with Gasteiger partial charge in [0.05, 0.1) is 13.2 Å². The second-order valence-electron chi connectivity index (χ2n) is 10.5. The summed E-state index contributed by atoms with van der Waals surface area (Å²) in [5.74, 6) is 0.965. The van der Waals surface area contributed by atoms with Crippen molar-refractivity contribution in [2.45, 2.75) is 45.3 Å². The summed E-state index contributed by atoms with van der Waals surface area (Å²) in [6.45, 7) is 18.6. The Bertz CT molecular complexity index is 902. The van der Waals surface area contributed by atoms with Gasteiger partial charge in [-0.05, 0) is 72.6 Å². The van der Waals surface area contributed by atoms with Gasteiger partial charge in [-0.15, -0.1) is 0 Å². The van der Waals surface area contributed by atoms with Gasteiger partial charge >= 0.3 is 0 Å². The molecule has 2 aliphatic rings. The van der Waals surface area contributed by atoms with Gasteiger partial charge in [-0.3, -0.25) is 4.90 Å². The monoisotopic (exact) mass is 453 g/mol. The molecule has 1 saturated heterocycles. The molecule has 0 bridgehead atoms. The van der Waals surface area contributed by atoms with Crippen LogP contribution in [0, 0.1) is 0 Å². The number of benzene rings is 2. The first-order valence-corrected chi connectivity index (χ1v) is 14.9. The van der Waals surface area contributed by atoms with E-state index in [0.29, 0.717) is 0 Å². The summed E-state index contributed by atoms with van der Waals surface area (Å²) in [6, 6.07) is 15.2. The van der Waals surface area contributed by atoms with Gasteiger partial charge in [0.25, 0.3) is 0 Å². The predicted octanol–water partition coefficient (Wildman–Crippen LogP) is 5.51. The van der Waals surface area contributed by atoms with Crippen molar-refractivity contribution in [2.75, 3.05) is 56.2 Å². The molecule has 0 atom stereocenters. The zero-order valence-electron chi connectivity index (χ0n) is 20.4. The molecule has 0 aliphatic carbocycles. The molecule has 0 aromatic heterocycles. The number of rotatable bonds is 7. The molecule has 174 valence electrons. The molecule has 0 saturated carbocycles. The maximum absolute atomic E-state index is 6.41. The molecule has 2 aromatic rings. The molecule has 6 heteroatoms. The zero-order valence-corrected chi connectivity index (χ0v) is 21.4. The topological polar surface area (TPSA) is 37.0 Å². The average molecular weight is 454 g/mol. The van der Waals surface area contributed by atoms with Crippen LogP contribution >= 0.6 is 0 Å². The minimum Gasteiger partial charge on any atom is -0.544 e. The van der Waals surface area contributed by atoms with E-state index in [-0.39, 0.29) is 5.04 Å². The van der Waals surface area contributed by atoms with E-state index >= 15 is 0 Å². The summed E-state index contributed by atoms with van der Waals surface area (Å²) >= 11 is 0. The van der Waals surface area contributed by atoms with Crippen LogP contribution in [0.1, 0.15) is 26.3 Å². The Morgan fingerprint density at radius 3 is 2.31 bits per heavy atom. The molecule has 4 rings (SSSR count). The number of hydrogen-bond donors (Lipinski definition) is 1. The molecule has 0 spiro atoms. The maximum Gasteiger partial charge on any atom is 0.250 e. The molecule has 2 aliphatic heterocycles. The number of nitrogens with zero attached hydrogens (tertiary/aromatic N) is 2. The van der Waals surface area contributed by atoms with Crippen LogP contribution in [0.2, 0.25) is 18.1 Å². The Balaban J connectivity index is 1.34. The third-order valence-electron chi connectivity index (χ3n) is 7.18. The summed E-state index contributed by atoms with van der Waals surface area (Å²) in [6.07, 6.45) is 1.12. The molecule has 2 aromatic carbocycles. The van der Waals surface area contributed by atoms with Crippen molar-refractivity contribution in [1.82, 2.24) is 4.90 Å². The van der Waals surface area contributed by atoms with Crippen molar-refractivity contribution < 1.29 is 9.16 Å². The van der Waals surface area contributed by atoms with Gasteiger partial charge in [0, 0.05) is 49.8 Å². The van der Waals surface area contributed by atoms with Crippen LogP contribution in [-0.2, 0) is 11.2 Å². The van der Waals surface area contributed by atoms with E-state index in [1.807, 2.05) is 0 Å². The molecule has 1 fully saturated rings. The lowest BCUT2D eigenvalue weighted by atomic mass is 10.1. The number of hydrogen-bond acceptors (Lipinski definition) is 5. The Kier molecular flexibility index (Phi) is 6.84. The zero-order chi connectivity index (χ0) is 22.8. The molecule has 32 heavy (non-hydrogen) atoms. The van der Waals surface area contributed by atoms with Crippen molar-refractivity contribution in [3.8, 4) is 5.75 Å². The van der Waals surface area contributed by atoms with Crippen LogP contribution in [0.3, 0.4) is 0 Å². The fourth-order valence-corrected chi connectivity index (χ4v) is 5.12. The smallest absolute Gasteiger partial charge is 0.250 e. The van der Waals surface area contributed by atoms with E-state index in [0.717, 1.165) is 69.5 Å². The van der Waals surface area contributed by atoms with Gasteiger partial charge in [0.1, 0.15) is 5.75 Å². The molecule has 1 N–H and O–H groups in total. The lowest BCUT2D eigenvalue weighted by Gasteiger charge is -2.36. The molecule has 2 heterocycles. The van der Waals surface area contributed by atoms with E-state index < -0.39 is 8.32 Å². The second-order valence-corrected chi connectivity index (χ2v) is 15.3. The Hall–Kier alpha value is -2.02. The predicted molar refractivity (Wildman–Crippen MR) is 137 cm³/mol. The van der Waals surface area contributed by atoms with Crippen molar-refractivity contribution in [3.05, 3.63) is 48.0 Å². The van der Waals surface area contributed by atoms with E-state index in [9.17, 15) is 0 Å². The van der Waals surface area contributed by atoms with Gasteiger partial charge in [-0.1, -0.05) is 20.8 Å². The van der Waals surface area contributed by atoms with E-state index in [1.165, 1.54) is 11.3 Å². The second kappa shape index (κ2) is 9.46. The standard InChI is InChI=1S/C26H39N3O2Si/c1-26(2,3)32(4,5)31-24-9-6-22(7-10-24)27-23-8-11-25-21(20-23)12-13-29(25)15-14-28-16-18-30-19-17-28/h6-11,20,27H,12-19H2,1-5H3. The largest absolute Gasteiger partial charge is 0.544 e. The first kappa shape index (κ1) is 23.1. The quantitative estimate of drug-likeness (QED) is 0.560. The number of morpholine rings is 1. The fraction of sp³-hybridized carbons (Fsp3) is 0.538. The van der Waals surface area contributed by atoms with Gasteiger partial charge in [0.15, 0.2) is 0 Å². The van der Waals surface area contributed by atoms with E-state index in [4.69, 9.17) is 9.16 Å². The highest BCUT2D eigenvalue weighted by atomic mass is 28.4. The van der Waals surface area contributed by atoms with Crippen LogP contribution in [-0.4, -0.2) is 59.2 Å². The molecule has 0 unspecified atom stereocenters. The van der Waals surface area contributed by atoms with Crippen LogP contribution in [0.15, 0.2) is 42.5 Å². The summed E-state index contributed by atoms with van der Waals surface area (Å²) in [7, 11) is -1.81. The van der Waals surface area contributed by atoms with Crippen molar-refractivity contribution in [3.63, 3.8) is 0 Å². The minimum absolute atomic E-state index is 0.199. The van der Waals surface area contributed by atoms with Crippen LogP contribution in [0.25, 0.3) is 0 Å². The molecule has 0 amide bonds. The van der Waals surface area contributed by atoms with Gasteiger partial charge in [-0.2, -0.15) is 0 Å². The van der Waals surface area contributed by atoms with Crippen LogP contribution in [0.5, 0.6) is 5.75 Å². The number of nitrogens with one attached hydrogen (secondary N) is 1. The van der Waals surface area contributed by atoms with Gasteiger partial charge in [-0.25, -0.2) is 0 Å². The summed E-state index contributed by atoms with van der Waals surface area (Å²) in [5, 5.41) is 3.77.